The minimum absolute atomic E-state index is 0.0250. The van der Waals surface area contributed by atoms with E-state index >= 15 is 0 Å². The molecule has 0 saturated heterocycles. The molecule has 0 radical (unpaired) electrons. The molecule has 0 atom stereocenters. The fourth-order valence-electron chi connectivity index (χ4n) is 1.66. The third-order valence-corrected chi connectivity index (χ3v) is 2.76. The van der Waals surface area contributed by atoms with E-state index in [-0.39, 0.29) is 11.2 Å². The van der Waals surface area contributed by atoms with Gasteiger partial charge in [0, 0.05) is 5.56 Å². The monoisotopic (exact) mass is 228 g/mol. The Morgan fingerprint density at radius 3 is 2.29 bits per heavy atom. The highest BCUT2D eigenvalue weighted by Crippen LogP contribution is 2.22. The van der Waals surface area contributed by atoms with Crippen LogP contribution in [0.2, 0.25) is 0 Å². The number of hydrogen-bond donors (Lipinski definition) is 1. The number of benzene rings is 1. The van der Waals surface area contributed by atoms with Crippen LogP contribution in [0.15, 0.2) is 36.8 Å². The fraction of sp³-hybridized carbons (Fsp3) is 0.286. The van der Waals surface area contributed by atoms with Gasteiger partial charge < -0.3 is 4.98 Å². The molecular weight excluding hydrogens is 212 g/mol. The molecule has 0 bridgehead atoms. The number of aromatic nitrogens is 2. The second-order valence-electron chi connectivity index (χ2n) is 5.12. The molecule has 0 fully saturated rings. The predicted molar refractivity (Wildman–Crippen MR) is 67.2 cm³/mol. The summed E-state index contributed by atoms with van der Waals surface area (Å²) in [4.78, 5) is 18.7. The Morgan fingerprint density at radius 1 is 1.18 bits per heavy atom. The average molecular weight is 228 g/mol. The zero-order valence-electron chi connectivity index (χ0n) is 10.3. The molecule has 3 nitrogen and oxygen atoms in total. The van der Waals surface area contributed by atoms with Crippen LogP contribution in [0.25, 0.3) is 0 Å². The van der Waals surface area contributed by atoms with Crippen molar-refractivity contribution in [2.75, 3.05) is 0 Å². The zero-order valence-corrected chi connectivity index (χ0v) is 10.3. The van der Waals surface area contributed by atoms with Crippen LogP contribution in [0.3, 0.4) is 0 Å². The maximum absolute atomic E-state index is 12.0. The van der Waals surface area contributed by atoms with Crippen LogP contribution >= 0.6 is 0 Å². The number of ketones is 1. The molecule has 88 valence electrons. The molecule has 1 aromatic carbocycles. The summed E-state index contributed by atoms with van der Waals surface area (Å²) in [7, 11) is 0. The highest BCUT2D eigenvalue weighted by molar-refractivity contribution is 6.07. The molecule has 2 aromatic rings. The summed E-state index contributed by atoms with van der Waals surface area (Å²) in [6, 6.07) is 7.74. The molecular formula is C14H16N2O. The topological polar surface area (TPSA) is 45.8 Å². The maximum atomic E-state index is 12.0. The number of aromatic amines is 1. The Bertz CT molecular complexity index is 504. The van der Waals surface area contributed by atoms with E-state index < -0.39 is 0 Å². The highest BCUT2D eigenvalue weighted by atomic mass is 16.1. The molecule has 0 aliphatic rings. The molecule has 0 unspecified atom stereocenters. The molecule has 3 heteroatoms. The average Bonchev–Trinajstić information content (AvgIpc) is 2.80. The van der Waals surface area contributed by atoms with Crippen LogP contribution in [-0.4, -0.2) is 15.8 Å². The summed E-state index contributed by atoms with van der Waals surface area (Å²) in [6.45, 7) is 6.45. The molecule has 17 heavy (non-hydrogen) atoms. The number of nitrogens with one attached hydrogen (secondary N) is 1. The van der Waals surface area contributed by atoms with Crippen molar-refractivity contribution in [3.8, 4) is 0 Å². The van der Waals surface area contributed by atoms with Gasteiger partial charge in [-0.15, -0.1) is 0 Å². The van der Waals surface area contributed by atoms with Gasteiger partial charge in [0.1, 0.15) is 5.69 Å². The summed E-state index contributed by atoms with van der Waals surface area (Å²) in [5.74, 6) is -0.0250. The van der Waals surface area contributed by atoms with Crippen LogP contribution in [0.4, 0.5) is 0 Å². The Morgan fingerprint density at radius 2 is 1.82 bits per heavy atom. The van der Waals surface area contributed by atoms with Gasteiger partial charge in [0.2, 0.25) is 5.78 Å². The van der Waals surface area contributed by atoms with Gasteiger partial charge in [-0.05, 0) is 11.0 Å². The Kier molecular flexibility index (Phi) is 2.84. The van der Waals surface area contributed by atoms with Crippen LogP contribution in [0, 0.1) is 0 Å². The third kappa shape index (κ3) is 2.44. The quantitative estimate of drug-likeness (QED) is 0.803. The maximum Gasteiger partial charge on any atom is 0.210 e. The summed E-state index contributed by atoms with van der Waals surface area (Å²) >= 11 is 0. The smallest absolute Gasteiger partial charge is 0.210 e. The standard InChI is InChI=1S/C14H16N2O/c1-14(2,3)11-6-4-10(5-7-11)13(17)12-8-15-9-16-12/h4-9H,1-3H3,(H,15,16). The van der Waals surface area contributed by atoms with Crippen molar-refractivity contribution in [1.29, 1.82) is 0 Å². The number of H-pyrrole nitrogens is 1. The minimum atomic E-state index is -0.0250. The Hall–Kier alpha value is -1.90. The normalized spacial score (nSPS) is 11.5. The van der Waals surface area contributed by atoms with Crippen molar-refractivity contribution in [2.45, 2.75) is 26.2 Å². The second kappa shape index (κ2) is 4.17. The van der Waals surface area contributed by atoms with Crippen LogP contribution < -0.4 is 0 Å². The summed E-state index contributed by atoms with van der Waals surface area (Å²) < 4.78 is 0. The largest absolute Gasteiger partial charge is 0.342 e. The van der Waals surface area contributed by atoms with E-state index in [0.29, 0.717) is 11.3 Å². The predicted octanol–water partition coefficient (Wildman–Crippen LogP) is 2.94. The second-order valence-corrected chi connectivity index (χ2v) is 5.12. The van der Waals surface area contributed by atoms with Crippen molar-refractivity contribution >= 4 is 5.78 Å². The van der Waals surface area contributed by atoms with Crippen molar-refractivity contribution in [1.82, 2.24) is 9.97 Å². The van der Waals surface area contributed by atoms with E-state index in [1.54, 1.807) is 6.20 Å². The summed E-state index contributed by atoms with van der Waals surface area (Å²) in [5, 5.41) is 0. The van der Waals surface area contributed by atoms with Gasteiger partial charge in [-0.1, -0.05) is 45.0 Å². The number of rotatable bonds is 2. The lowest BCUT2D eigenvalue weighted by Crippen LogP contribution is -2.11. The van der Waals surface area contributed by atoms with Crippen molar-refractivity contribution in [3.05, 3.63) is 53.6 Å². The number of carbonyl (C=O) groups excluding carboxylic acids is 1. The molecule has 0 spiro atoms. The highest BCUT2D eigenvalue weighted by Gasteiger charge is 2.15. The lowest BCUT2D eigenvalue weighted by atomic mass is 9.86. The number of nitrogens with zero attached hydrogens (tertiary/aromatic N) is 1. The Balaban J connectivity index is 2.28. The van der Waals surface area contributed by atoms with E-state index in [9.17, 15) is 4.79 Å². The first-order chi connectivity index (χ1) is 7.98. The molecule has 1 aromatic heterocycles. The summed E-state index contributed by atoms with van der Waals surface area (Å²) in [6.07, 6.45) is 3.05. The number of imidazole rings is 1. The van der Waals surface area contributed by atoms with E-state index in [1.807, 2.05) is 24.3 Å². The van der Waals surface area contributed by atoms with E-state index in [4.69, 9.17) is 0 Å². The van der Waals surface area contributed by atoms with Gasteiger partial charge in [-0.3, -0.25) is 4.79 Å². The van der Waals surface area contributed by atoms with E-state index in [1.165, 1.54) is 11.9 Å². The van der Waals surface area contributed by atoms with Crippen molar-refractivity contribution < 1.29 is 4.79 Å². The number of carbonyl (C=O) groups is 1. The van der Waals surface area contributed by atoms with Gasteiger partial charge in [-0.25, -0.2) is 4.98 Å². The molecule has 0 aliphatic heterocycles. The van der Waals surface area contributed by atoms with Crippen molar-refractivity contribution in [3.63, 3.8) is 0 Å². The third-order valence-electron chi connectivity index (χ3n) is 2.76. The first kappa shape index (κ1) is 11.6. The van der Waals surface area contributed by atoms with Gasteiger partial charge in [-0.2, -0.15) is 0 Å². The molecule has 1 N–H and O–H groups in total. The van der Waals surface area contributed by atoms with Crippen LogP contribution in [0.1, 0.15) is 42.4 Å². The van der Waals surface area contributed by atoms with Crippen LogP contribution in [-0.2, 0) is 5.41 Å². The molecule has 0 amide bonds. The molecule has 1 heterocycles. The first-order valence-corrected chi connectivity index (χ1v) is 5.62. The van der Waals surface area contributed by atoms with Gasteiger partial charge in [0.15, 0.2) is 0 Å². The summed E-state index contributed by atoms with van der Waals surface area (Å²) in [5.41, 5.74) is 2.53. The SMILES string of the molecule is CC(C)(C)c1ccc(C(=O)c2cnc[nH]2)cc1. The molecule has 2 rings (SSSR count). The van der Waals surface area contributed by atoms with Crippen molar-refractivity contribution in [2.24, 2.45) is 0 Å². The van der Waals surface area contributed by atoms with Gasteiger partial charge in [0.05, 0.1) is 12.5 Å². The lowest BCUT2D eigenvalue weighted by Gasteiger charge is -2.18. The van der Waals surface area contributed by atoms with Crippen LogP contribution in [0.5, 0.6) is 0 Å². The lowest BCUT2D eigenvalue weighted by molar-refractivity contribution is 0.103. The van der Waals surface area contributed by atoms with E-state index in [2.05, 4.69) is 30.7 Å². The van der Waals surface area contributed by atoms with Gasteiger partial charge >= 0.3 is 0 Å². The van der Waals surface area contributed by atoms with Gasteiger partial charge in [0.25, 0.3) is 0 Å². The fourth-order valence-corrected chi connectivity index (χ4v) is 1.66. The first-order valence-electron chi connectivity index (χ1n) is 5.62. The zero-order chi connectivity index (χ0) is 12.5. The molecule has 0 saturated carbocycles. The van der Waals surface area contributed by atoms with E-state index in [0.717, 1.165) is 0 Å². The minimum Gasteiger partial charge on any atom is -0.342 e. The number of hydrogen-bond acceptors (Lipinski definition) is 2. The molecule has 0 aliphatic carbocycles. The Labute approximate surface area is 101 Å².